The van der Waals surface area contributed by atoms with Crippen molar-refractivity contribution < 1.29 is 13.3 Å². The molecule has 0 saturated carbocycles. The van der Waals surface area contributed by atoms with Crippen molar-refractivity contribution >= 4 is 72.3 Å². The van der Waals surface area contributed by atoms with E-state index in [2.05, 4.69) is 4.72 Å². The number of hydrogen-bond donors (Lipinski definition) is 3. The van der Waals surface area contributed by atoms with Gasteiger partial charge in [0.25, 0.3) is 5.69 Å². The normalized spacial score (nSPS) is 12.5. The largest absolute Gasteiger partial charge is 0.385 e. The number of sulfonamides is 1. The summed E-state index contributed by atoms with van der Waals surface area (Å²) in [4.78, 5) is 9.99. The molecule has 0 aliphatic carbocycles. The van der Waals surface area contributed by atoms with Crippen LogP contribution in [0.1, 0.15) is 19.3 Å². The fourth-order valence-corrected chi connectivity index (χ4v) is 5.31. The van der Waals surface area contributed by atoms with E-state index in [0.29, 0.717) is 17.2 Å². The molecule has 1 rings (SSSR count). The zero-order valence-corrected chi connectivity index (χ0v) is 17.6. The van der Waals surface area contributed by atoms with E-state index >= 15 is 0 Å². The Morgan fingerprint density at radius 3 is 2.54 bits per heavy atom. The number of hydrogen-bond acceptors (Lipinski definition) is 8. The van der Waals surface area contributed by atoms with Gasteiger partial charge in [0.1, 0.15) is 8.64 Å². The second-order valence-corrected chi connectivity index (χ2v) is 10.5. The molecule has 13 heteroatoms. The molecule has 1 aromatic rings. The van der Waals surface area contributed by atoms with Crippen LogP contribution in [0.3, 0.4) is 0 Å². The van der Waals surface area contributed by atoms with Crippen LogP contribution in [-0.4, -0.2) is 33.1 Å². The van der Waals surface area contributed by atoms with E-state index < -0.39 is 20.3 Å². The van der Waals surface area contributed by atoms with Crippen molar-refractivity contribution in [3.8, 4) is 0 Å². The van der Waals surface area contributed by atoms with Crippen LogP contribution in [0.2, 0.25) is 0 Å². The Kier molecular flexibility index (Phi) is 9.74. The minimum Gasteiger partial charge on any atom is -0.385 e. The van der Waals surface area contributed by atoms with E-state index in [1.807, 2.05) is 0 Å². The second-order valence-electron chi connectivity index (χ2n) is 4.96. The van der Waals surface area contributed by atoms with Gasteiger partial charge in [0.2, 0.25) is 10.0 Å². The quantitative estimate of drug-likeness (QED) is 0.158. The monoisotopic (exact) mass is 454 g/mol. The second kappa shape index (κ2) is 11.0. The van der Waals surface area contributed by atoms with Gasteiger partial charge in [-0.3, -0.25) is 10.1 Å². The Morgan fingerprint density at radius 1 is 1.27 bits per heavy atom. The molecule has 1 aromatic carbocycles. The van der Waals surface area contributed by atoms with Gasteiger partial charge < -0.3 is 11.5 Å². The van der Waals surface area contributed by atoms with E-state index in [1.165, 1.54) is 30.0 Å². The van der Waals surface area contributed by atoms with Crippen LogP contribution in [0.4, 0.5) is 5.69 Å². The highest BCUT2D eigenvalue weighted by molar-refractivity contribution is 8.23. The van der Waals surface area contributed by atoms with Crippen molar-refractivity contribution in [2.45, 2.75) is 29.5 Å². The third-order valence-electron chi connectivity index (χ3n) is 2.99. The highest BCUT2D eigenvalue weighted by Gasteiger charge is 2.23. The van der Waals surface area contributed by atoms with Crippen LogP contribution in [0, 0.1) is 10.1 Å². The summed E-state index contributed by atoms with van der Waals surface area (Å²) < 4.78 is 28.0. The van der Waals surface area contributed by atoms with Crippen LogP contribution in [0.5, 0.6) is 0 Å². The molecule has 0 bridgehead atoms. The first-order valence-electron chi connectivity index (χ1n) is 7.27. The van der Waals surface area contributed by atoms with Gasteiger partial charge in [0, 0.05) is 17.9 Å². The van der Waals surface area contributed by atoms with Crippen molar-refractivity contribution in [1.82, 2.24) is 4.72 Å². The Morgan fingerprint density at radius 2 is 1.96 bits per heavy atom. The zero-order chi connectivity index (χ0) is 19.7. The number of unbranched alkanes of at least 4 members (excludes halogenated alkanes) is 1. The molecule has 0 spiro atoms. The molecular weight excluding hydrogens is 437 g/mol. The van der Waals surface area contributed by atoms with Gasteiger partial charge in [-0.1, -0.05) is 60.4 Å². The number of thiocarbonyl (C=S) groups is 2. The van der Waals surface area contributed by atoms with Crippen molar-refractivity contribution in [3.05, 3.63) is 34.4 Å². The number of thioether (sulfide) groups is 2. The molecule has 0 aliphatic heterocycles. The maximum absolute atomic E-state index is 12.5. The smallest absolute Gasteiger partial charge is 0.270 e. The first kappa shape index (κ1) is 23.0. The number of nitrogens with two attached hydrogens (primary N) is 2. The van der Waals surface area contributed by atoms with Crippen LogP contribution in [0.15, 0.2) is 29.2 Å². The highest BCUT2D eigenvalue weighted by Crippen LogP contribution is 2.22. The molecule has 0 fully saturated rings. The summed E-state index contributed by atoms with van der Waals surface area (Å²) in [5, 5.41) is 10.3. The van der Waals surface area contributed by atoms with Crippen molar-refractivity contribution in [3.63, 3.8) is 0 Å². The third-order valence-corrected chi connectivity index (χ3v) is 6.90. The number of nitro benzene ring substituents is 1. The maximum Gasteiger partial charge on any atom is 0.270 e. The number of nitro groups is 1. The van der Waals surface area contributed by atoms with E-state index in [0.717, 1.165) is 30.0 Å². The van der Waals surface area contributed by atoms with Crippen LogP contribution >= 0.6 is 48.0 Å². The number of nitrogens with zero attached hydrogens (tertiary/aromatic N) is 1. The Labute approximate surface area is 171 Å². The van der Waals surface area contributed by atoms with Gasteiger partial charge in [0.05, 0.1) is 15.2 Å². The minimum atomic E-state index is -3.95. The number of nitrogens with one attached hydrogen (secondary N) is 1. The molecule has 0 saturated heterocycles. The average molecular weight is 455 g/mol. The van der Waals surface area contributed by atoms with Crippen LogP contribution in [0.25, 0.3) is 0 Å². The number of rotatable bonds is 10. The van der Waals surface area contributed by atoms with Gasteiger partial charge in [-0.25, -0.2) is 8.42 Å². The molecule has 0 radical (unpaired) electrons. The van der Waals surface area contributed by atoms with Crippen LogP contribution < -0.4 is 16.2 Å². The molecule has 26 heavy (non-hydrogen) atoms. The number of benzene rings is 1. The lowest BCUT2D eigenvalue weighted by Crippen LogP contribution is -2.34. The summed E-state index contributed by atoms with van der Waals surface area (Å²) in [5.74, 6) is 0.734. The molecule has 8 nitrogen and oxygen atoms in total. The lowest BCUT2D eigenvalue weighted by atomic mass is 10.2. The first-order chi connectivity index (χ1) is 12.1. The summed E-state index contributed by atoms with van der Waals surface area (Å²) >= 11 is 12.0. The summed E-state index contributed by atoms with van der Waals surface area (Å²) in [6.45, 7) is 0. The Balaban J connectivity index is 2.78. The maximum atomic E-state index is 12.5. The third kappa shape index (κ3) is 8.60. The predicted octanol–water partition coefficient (Wildman–Crippen LogP) is 2.32. The lowest BCUT2D eigenvalue weighted by Gasteiger charge is -2.17. The molecule has 144 valence electrons. The van der Waals surface area contributed by atoms with E-state index in [4.69, 9.17) is 35.9 Å². The number of non-ortho nitro benzene ring substituents is 1. The molecule has 0 aromatic heterocycles. The molecule has 0 unspecified atom stereocenters. The molecule has 0 amide bonds. The lowest BCUT2D eigenvalue weighted by molar-refractivity contribution is -0.385. The topological polar surface area (TPSA) is 141 Å². The fraction of sp³-hybridized carbons (Fsp3) is 0.385. The van der Waals surface area contributed by atoms with Gasteiger partial charge in [-0.05, 0) is 18.9 Å². The molecule has 1 atom stereocenters. The minimum absolute atomic E-state index is 0.106. The molecule has 0 heterocycles. The van der Waals surface area contributed by atoms with Crippen molar-refractivity contribution in [2.24, 2.45) is 11.5 Å². The SMILES string of the molecule is NC(=S)SCCCC[C@@H](NS(=O)(=O)c1cccc([N+](=O)[O-])c1)SC(N)=S. The summed E-state index contributed by atoms with van der Waals surface area (Å²) in [7, 11) is -3.95. The van der Waals surface area contributed by atoms with Gasteiger partial charge in [-0.2, -0.15) is 4.72 Å². The van der Waals surface area contributed by atoms with Gasteiger partial charge >= 0.3 is 0 Å². The van der Waals surface area contributed by atoms with E-state index in [1.54, 1.807) is 0 Å². The molecule has 5 N–H and O–H groups in total. The first-order valence-corrected chi connectivity index (χ1v) is 11.4. The molecular formula is C13H18N4O4S5. The Bertz CT molecular complexity index is 772. The molecule has 0 aliphatic rings. The van der Waals surface area contributed by atoms with Gasteiger partial charge in [0.15, 0.2) is 0 Å². The van der Waals surface area contributed by atoms with Crippen molar-refractivity contribution in [2.75, 3.05) is 5.75 Å². The summed E-state index contributed by atoms with van der Waals surface area (Å²) in [6.07, 6.45) is 1.97. The van der Waals surface area contributed by atoms with Gasteiger partial charge in [-0.15, -0.1) is 0 Å². The van der Waals surface area contributed by atoms with Crippen LogP contribution in [-0.2, 0) is 10.0 Å². The summed E-state index contributed by atoms with van der Waals surface area (Å²) in [6, 6.07) is 4.83. The fourth-order valence-electron chi connectivity index (χ4n) is 1.89. The highest BCUT2D eigenvalue weighted by atomic mass is 32.2. The predicted molar refractivity (Wildman–Crippen MR) is 115 cm³/mol. The Hall–Kier alpha value is -0.990. The van der Waals surface area contributed by atoms with Crippen molar-refractivity contribution in [1.29, 1.82) is 0 Å². The van der Waals surface area contributed by atoms with E-state index in [9.17, 15) is 18.5 Å². The summed E-state index contributed by atoms with van der Waals surface area (Å²) in [5.41, 5.74) is 10.6. The average Bonchev–Trinajstić information content (AvgIpc) is 2.53. The van der Waals surface area contributed by atoms with E-state index in [-0.39, 0.29) is 14.9 Å². The standard InChI is InChI=1S/C13H18N4O4S5/c14-12(22)24-7-2-1-6-11(25-13(15)23)16-26(20,21)10-5-3-4-9(8-10)17(18)19/h3-5,8,11,16H,1-2,6-7H2,(H2,14,22)(H2,15,23)/t11-/m0/s1. The zero-order valence-electron chi connectivity index (χ0n) is 13.5.